The largest absolute Gasteiger partial charge is 0.491 e. The van der Waals surface area contributed by atoms with Crippen molar-refractivity contribution in [2.24, 2.45) is 5.10 Å². The van der Waals surface area contributed by atoms with E-state index in [1.54, 1.807) is 12.3 Å². The molecule has 0 saturated carbocycles. The number of hydrogen-bond acceptors (Lipinski definition) is 4. The van der Waals surface area contributed by atoms with Crippen molar-refractivity contribution in [2.75, 3.05) is 26.4 Å². The molecule has 2 heterocycles. The molecule has 1 aliphatic heterocycles. The first-order chi connectivity index (χ1) is 13.7. The monoisotopic (exact) mass is 381 g/mol. The van der Waals surface area contributed by atoms with E-state index < -0.39 is 0 Å². The summed E-state index contributed by atoms with van der Waals surface area (Å²) in [6.07, 6.45) is 4.60. The average molecular weight is 381 g/mol. The highest BCUT2D eigenvalue weighted by Gasteiger charge is 2.23. The molecule has 146 valence electrons. The first kappa shape index (κ1) is 18.5. The summed E-state index contributed by atoms with van der Waals surface area (Å²) in [4.78, 5) is 3.19. The molecule has 1 aromatic heterocycles. The van der Waals surface area contributed by atoms with Crippen molar-refractivity contribution >= 4 is 17.1 Å². The van der Waals surface area contributed by atoms with Crippen molar-refractivity contribution in [2.45, 2.75) is 19.3 Å². The fourth-order valence-electron chi connectivity index (χ4n) is 3.57. The Morgan fingerprint density at radius 1 is 1.32 bits per heavy atom. The second-order valence-corrected chi connectivity index (χ2v) is 7.04. The topological polar surface area (TPSA) is 58.6 Å². The first-order valence-electron chi connectivity index (χ1n) is 9.54. The Kier molecular flexibility index (Phi) is 5.58. The lowest BCUT2D eigenvalue weighted by Crippen LogP contribution is -2.17. The number of aromatic nitrogens is 1. The molecular formula is C22H24FN3O2. The molecule has 0 radical (unpaired) electrons. The second-order valence-electron chi connectivity index (χ2n) is 7.04. The minimum Gasteiger partial charge on any atom is -0.491 e. The van der Waals surface area contributed by atoms with E-state index in [2.05, 4.69) is 27.6 Å². The van der Waals surface area contributed by atoms with Gasteiger partial charge in [-0.2, -0.15) is 5.10 Å². The average Bonchev–Trinajstić information content (AvgIpc) is 3.36. The maximum atomic E-state index is 13.9. The predicted octanol–water partition coefficient (Wildman–Crippen LogP) is 4.12. The summed E-state index contributed by atoms with van der Waals surface area (Å²) in [7, 11) is 0. The summed E-state index contributed by atoms with van der Waals surface area (Å²) in [6.45, 7) is 4.20. The molecule has 1 fully saturated rings. The molecule has 0 bridgehead atoms. The summed E-state index contributed by atoms with van der Waals surface area (Å²) in [6, 6.07) is 11.3. The Hall–Kier alpha value is -2.86. The van der Waals surface area contributed by atoms with Gasteiger partial charge in [0.15, 0.2) is 0 Å². The maximum absolute atomic E-state index is 13.9. The lowest BCUT2D eigenvalue weighted by molar-refractivity contribution is 0.193. The molecule has 28 heavy (non-hydrogen) atoms. The third-order valence-corrected chi connectivity index (χ3v) is 4.98. The molecule has 0 amide bonds. The number of benzene rings is 2. The van der Waals surface area contributed by atoms with Crippen molar-refractivity contribution in [3.63, 3.8) is 0 Å². The van der Waals surface area contributed by atoms with Crippen LogP contribution in [0.2, 0.25) is 0 Å². The smallest absolute Gasteiger partial charge is 0.126 e. The van der Waals surface area contributed by atoms with Crippen molar-refractivity contribution < 1.29 is 13.9 Å². The maximum Gasteiger partial charge on any atom is 0.126 e. The zero-order valence-corrected chi connectivity index (χ0v) is 15.9. The zero-order chi connectivity index (χ0) is 19.3. The predicted molar refractivity (Wildman–Crippen MR) is 109 cm³/mol. The lowest BCUT2D eigenvalue weighted by atomic mass is 9.95. The molecule has 1 atom stereocenters. The Balaban J connectivity index is 1.32. The number of nitrogens with one attached hydrogen (secondary N) is 2. The summed E-state index contributed by atoms with van der Waals surface area (Å²) in [5, 5.41) is 5.43. The molecule has 1 unspecified atom stereocenters. The van der Waals surface area contributed by atoms with E-state index in [1.807, 2.05) is 25.3 Å². The van der Waals surface area contributed by atoms with Crippen LogP contribution in [-0.4, -0.2) is 37.6 Å². The van der Waals surface area contributed by atoms with Gasteiger partial charge in [-0.1, -0.05) is 12.1 Å². The number of halogens is 1. The Labute approximate surface area is 163 Å². The summed E-state index contributed by atoms with van der Waals surface area (Å²) >= 11 is 0. The van der Waals surface area contributed by atoms with Crippen molar-refractivity contribution in [1.82, 2.24) is 10.4 Å². The number of ether oxygens (including phenoxy) is 2. The summed E-state index contributed by atoms with van der Waals surface area (Å²) in [5.41, 5.74) is 6.81. The van der Waals surface area contributed by atoms with E-state index in [-0.39, 0.29) is 11.7 Å². The van der Waals surface area contributed by atoms with Crippen LogP contribution in [0.5, 0.6) is 5.75 Å². The van der Waals surface area contributed by atoms with E-state index >= 15 is 0 Å². The number of aryl methyl sites for hydroxylation is 1. The van der Waals surface area contributed by atoms with E-state index in [0.717, 1.165) is 34.4 Å². The van der Waals surface area contributed by atoms with Crippen LogP contribution < -0.4 is 10.2 Å². The number of hydrogen-bond donors (Lipinski definition) is 2. The minimum absolute atomic E-state index is 0.193. The van der Waals surface area contributed by atoms with E-state index in [1.165, 1.54) is 11.5 Å². The standard InChI is InChI=1S/C22H24FN3O2/c1-15-10-19(23)12-20(18-5-8-27-14-18)22(15)28-9-7-25-26-13-16-2-3-17-4-6-24-21(17)11-16/h2-4,6,10-13,18,24-25H,5,7-9,14H2,1H3/b26-13+. The third kappa shape index (κ3) is 4.17. The third-order valence-electron chi connectivity index (χ3n) is 4.98. The highest BCUT2D eigenvalue weighted by molar-refractivity contribution is 5.88. The number of aromatic amines is 1. The molecule has 0 aliphatic carbocycles. The molecule has 6 heteroatoms. The van der Waals surface area contributed by atoms with Crippen molar-refractivity contribution in [3.8, 4) is 5.75 Å². The van der Waals surface area contributed by atoms with Gasteiger partial charge in [-0.3, -0.25) is 0 Å². The molecule has 2 aromatic carbocycles. The number of H-pyrrole nitrogens is 1. The number of fused-ring (bicyclic) bond motifs is 1. The van der Waals surface area contributed by atoms with Crippen LogP contribution in [0.15, 0.2) is 47.7 Å². The first-order valence-corrected chi connectivity index (χ1v) is 9.54. The van der Waals surface area contributed by atoms with Crippen LogP contribution in [0.25, 0.3) is 10.9 Å². The molecule has 5 nitrogen and oxygen atoms in total. The van der Waals surface area contributed by atoms with Gasteiger partial charge in [0.2, 0.25) is 0 Å². The molecular weight excluding hydrogens is 357 g/mol. The van der Waals surface area contributed by atoms with E-state index in [4.69, 9.17) is 9.47 Å². The van der Waals surface area contributed by atoms with Crippen molar-refractivity contribution in [1.29, 1.82) is 0 Å². The quantitative estimate of drug-likeness (QED) is 0.368. The van der Waals surface area contributed by atoms with Crippen LogP contribution in [0.1, 0.15) is 29.0 Å². The fourth-order valence-corrected chi connectivity index (χ4v) is 3.57. The Morgan fingerprint density at radius 2 is 2.25 bits per heavy atom. The van der Waals surface area contributed by atoms with Gasteiger partial charge in [0, 0.05) is 29.8 Å². The van der Waals surface area contributed by atoms with Crippen LogP contribution >= 0.6 is 0 Å². The van der Waals surface area contributed by atoms with Gasteiger partial charge in [0.05, 0.1) is 19.4 Å². The van der Waals surface area contributed by atoms with Gasteiger partial charge in [-0.05, 0) is 54.1 Å². The normalized spacial score (nSPS) is 16.9. The SMILES string of the molecule is Cc1cc(F)cc(C2CCOC2)c1OCCN/N=C/c1ccc2cc[nH]c2c1. The number of nitrogens with zero attached hydrogens (tertiary/aromatic N) is 1. The van der Waals surface area contributed by atoms with E-state index in [9.17, 15) is 4.39 Å². The molecule has 3 aromatic rings. The molecule has 2 N–H and O–H groups in total. The highest BCUT2D eigenvalue weighted by Crippen LogP contribution is 2.35. The highest BCUT2D eigenvalue weighted by atomic mass is 19.1. The minimum atomic E-state index is -0.228. The molecule has 1 aliphatic rings. The Bertz CT molecular complexity index is 977. The van der Waals surface area contributed by atoms with Crippen molar-refractivity contribution in [3.05, 3.63) is 65.1 Å². The van der Waals surface area contributed by atoms with Crippen LogP contribution in [0.3, 0.4) is 0 Å². The fraction of sp³-hybridized carbons (Fsp3) is 0.318. The van der Waals surface area contributed by atoms with Crippen LogP contribution in [0.4, 0.5) is 4.39 Å². The molecule has 4 rings (SSSR count). The van der Waals surface area contributed by atoms with Gasteiger partial charge in [-0.25, -0.2) is 4.39 Å². The Morgan fingerprint density at radius 3 is 3.11 bits per heavy atom. The second kappa shape index (κ2) is 8.44. The van der Waals surface area contributed by atoms with Gasteiger partial charge in [0.25, 0.3) is 0 Å². The summed E-state index contributed by atoms with van der Waals surface area (Å²) in [5.74, 6) is 0.728. The van der Waals surface area contributed by atoms with Gasteiger partial charge < -0.3 is 19.9 Å². The van der Waals surface area contributed by atoms with Crippen LogP contribution in [0, 0.1) is 12.7 Å². The lowest BCUT2D eigenvalue weighted by Gasteiger charge is -2.18. The molecule has 0 spiro atoms. The number of hydrazone groups is 1. The number of rotatable bonds is 7. The van der Waals surface area contributed by atoms with E-state index in [0.29, 0.717) is 26.4 Å². The van der Waals surface area contributed by atoms with Gasteiger partial charge in [-0.15, -0.1) is 0 Å². The van der Waals surface area contributed by atoms with Gasteiger partial charge in [0.1, 0.15) is 18.2 Å². The summed E-state index contributed by atoms with van der Waals surface area (Å²) < 4.78 is 25.3. The molecule has 1 saturated heterocycles. The van der Waals surface area contributed by atoms with Crippen LogP contribution in [-0.2, 0) is 4.74 Å². The van der Waals surface area contributed by atoms with Gasteiger partial charge >= 0.3 is 0 Å². The zero-order valence-electron chi connectivity index (χ0n) is 15.9.